The second-order valence-corrected chi connectivity index (χ2v) is 6.48. The van der Waals surface area contributed by atoms with Crippen LogP contribution in [0.1, 0.15) is 5.56 Å². The average Bonchev–Trinajstić information content (AvgIpc) is 2.68. The smallest absolute Gasteiger partial charge is 0.329 e. The molecule has 0 aliphatic heterocycles. The molecule has 0 aliphatic rings. The van der Waals surface area contributed by atoms with Crippen LogP contribution in [-0.2, 0) is 9.59 Å². The molecule has 7 heteroatoms. The molecule has 0 saturated heterocycles. The first-order valence-electron chi connectivity index (χ1n) is 8.04. The quantitative estimate of drug-likeness (QED) is 0.379. The summed E-state index contributed by atoms with van der Waals surface area (Å²) in [4.78, 5) is 24.2. The molecule has 0 atom stereocenters. The number of hydrogen-bond donors (Lipinski definition) is 2. The Kier molecular flexibility index (Phi) is 5.83. The van der Waals surface area contributed by atoms with Gasteiger partial charge in [0, 0.05) is 21.1 Å². The van der Waals surface area contributed by atoms with E-state index in [-0.39, 0.29) is 0 Å². The first kappa shape index (κ1) is 18.6. The molecule has 6 nitrogen and oxygen atoms in total. The Labute approximate surface area is 164 Å². The van der Waals surface area contributed by atoms with Gasteiger partial charge < -0.3 is 10.1 Å². The van der Waals surface area contributed by atoms with Gasteiger partial charge in [-0.25, -0.2) is 5.43 Å². The zero-order valence-electron chi connectivity index (χ0n) is 14.4. The average molecular weight is 426 g/mol. The van der Waals surface area contributed by atoms with Gasteiger partial charge in [0.1, 0.15) is 5.75 Å². The standard InChI is InChI=1S/C20H16BrN3O3/c1-27-18-10-9-15(21)11-14(18)12-22-24-20(26)19(25)23-17-8-4-6-13-5-2-3-7-16(13)17/h2-12H,1H3,(H,23,25)(H,24,26)/b22-12+. The van der Waals surface area contributed by atoms with Crippen molar-refractivity contribution in [3.8, 4) is 5.75 Å². The van der Waals surface area contributed by atoms with E-state index in [1.54, 1.807) is 18.2 Å². The zero-order valence-corrected chi connectivity index (χ0v) is 16.0. The molecule has 3 aromatic rings. The van der Waals surface area contributed by atoms with E-state index in [1.165, 1.54) is 13.3 Å². The van der Waals surface area contributed by atoms with Crippen LogP contribution in [0, 0.1) is 0 Å². The van der Waals surface area contributed by atoms with Crippen LogP contribution in [0.3, 0.4) is 0 Å². The first-order chi connectivity index (χ1) is 13.1. The van der Waals surface area contributed by atoms with Crippen LogP contribution in [-0.4, -0.2) is 25.1 Å². The fourth-order valence-electron chi connectivity index (χ4n) is 2.53. The first-order valence-corrected chi connectivity index (χ1v) is 8.83. The number of amides is 2. The van der Waals surface area contributed by atoms with E-state index in [0.717, 1.165) is 15.2 Å². The number of ether oxygens (including phenoxy) is 1. The summed E-state index contributed by atoms with van der Waals surface area (Å²) >= 11 is 3.36. The van der Waals surface area contributed by atoms with Gasteiger partial charge in [0.2, 0.25) is 0 Å². The van der Waals surface area contributed by atoms with Crippen molar-refractivity contribution in [2.24, 2.45) is 5.10 Å². The molecule has 0 fully saturated rings. The number of benzene rings is 3. The van der Waals surface area contributed by atoms with Crippen LogP contribution in [0.25, 0.3) is 10.8 Å². The van der Waals surface area contributed by atoms with Crippen LogP contribution in [0.5, 0.6) is 5.75 Å². The van der Waals surface area contributed by atoms with E-state index < -0.39 is 11.8 Å². The highest BCUT2D eigenvalue weighted by Gasteiger charge is 2.14. The van der Waals surface area contributed by atoms with Crippen molar-refractivity contribution >= 4 is 50.4 Å². The van der Waals surface area contributed by atoms with E-state index in [4.69, 9.17) is 4.74 Å². The number of hydrazone groups is 1. The Morgan fingerprint density at radius 2 is 1.81 bits per heavy atom. The Bertz CT molecular complexity index is 1030. The second kappa shape index (κ2) is 8.46. The number of nitrogens with zero attached hydrogens (tertiary/aromatic N) is 1. The Morgan fingerprint density at radius 3 is 2.63 bits per heavy atom. The van der Waals surface area contributed by atoms with Crippen molar-refractivity contribution in [1.29, 1.82) is 0 Å². The molecular formula is C20H16BrN3O3. The van der Waals surface area contributed by atoms with Crippen LogP contribution in [0.2, 0.25) is 0 Å². The van der Waals surface area contributed by atoms with Gasteiger partial charge in [0.25, 0.3) is 0 Å². The van der Waals surface area contributed by atoms with Gasteiger partial charge in [-0.1, -0.05) is 52.3 Å². The fraction of sp³-hybridized carbons (Fsp3) is 0.0500. The Balaban J connectivity index is 1.68. The summed E-state index contributed by atoms with van der Waals surface area (Å²) in [6, 6.07) is 18.4. The SMILES string of the molecule is COc1ccc(Br)cc1/C=N/NC(=O)C(=O)Nc1cccc2ccccc12. The number of methoxy groups -OCH3 is 1. The number of carbonyl (C=O) groups is 2. The van der Waals surface area contributed by atoms with E-state index in [2.05, 4.69) is 31.8 Å². The van der Waals surface area contributed by atoms with Crippen molar-refractivity contribution < 1.29 is 14.3 Å². The Hall–Kier alpha value is -3.19. The highest BCUT2D eigenvalue weighted by atomic mass is 79.9. The van der Waals surface area contributed by atoms with E-state index in [1.807, 2.05) is 42.5 Å². The van der Waals surface area contributed by atoms with Crippen LogP contribution < -0.4 is 15.5 Å². The number of anilines is 1. The molecule has 2 N–H and O–H groups in total. The number of carbonyl (C=O) groups excluding carboxylic acids is 2. The van der Waals surface area contributed by atoms with Crippen LogP contribution in [0.15, 0.2) is 70.2 Å². The highest BCUT2D eigenvalue weighted by Crippen LogP contribution is 2.23. The van der Waals surface area contributed by atoms with Crippen molar-refractivity contribution in [2.45, 2.75) is 0 Å². The number of halogens is 1. The lowest BCUT2D eigenvalue weighted by atomic mass is 10.1. The van der Waals surface area contributed by atoms with Gasteiger partial charge >= 0.3 is 11.8 Å². The molecule has 27 heavy (non-hydrogen) atoms. The van der Waals surface area contributed by atoms with Gasteiger partial charge in [-0.15, -0.1) is 0 Å². The maximum Gasteiger partial charge on any atom is 0.329 e. The van der Waals surface area contributed by atoms with Gasteiger partial charge in [0.15, 0.2) is 0 Å². The maximum atomic E-state index is 12.1. The summed E-state index contributed by atoms with van der Waals surface area (Å²) in [5, 5.41) is 8.26. The predicted octanol–water partition coefficient (Wildman–Crippen LogP) is 3.70. The molecule has 0 heterocycles. The van der Waals surface area contributed by atoms with Crippen LogP contribution in [0.4, 0.5) is 5.69 Å². The van der Waals surface area contributed by atoms with E-state index >= 15 is 0 Å². The van der Waals surface area contributed by atoms with Crippen molar-refractivity contribution in [1.82, 2.24) is 5.43 Å². The summed E-state index contributed by atoms with van der Waals surface area (Å²) in [6.07, 6.45) is 1.41. The van der Waals surface area contributed by atoms with Crippen LogP contribution >= 0.6 is 15.9 Å². The minimum absolute atomic E-state index is 0.561. The second-order valence-electron chi connectivity index (χ2n) is 5.57. The predicted molar refractivity (Wildman–Crippen MR) is 109 cm³/mol. The number of rotatable bonds is 4. The monoisotopic (exact) mass is 425 g/mol. The summed E-state index contributed by atoms with van der Waals surface area (Å²) in [7, 11) is 1.54. The third-order valence-electron chi connectivity index (χ3n) is 3.81. The van der Waals surface area contributed by atoms with Gasteiger partial charge in [-0.2, -0.15) is 5.10 Å². The number of nitrogens with one attached hydrogen (secondary N) is 2. The summed E-state index contributed by atoms with van der Waals surface area (Å²) in [6.45, 7) is 0. The highest BCUT2D eigenvalue weighted by molar-refractivity contribution is 9.10. The summed E-state index contributed by atoms with van der Waals surface area (Å²) in [5.41, 5.74) is 3.43. The minimum atomic E-state index is -0.867. The molecule has 0 saturated carbocycles. The molecule has 0 aromatic heterocycles. The zero-order chi connectivity index (χ0) is 19.2. The lowest BCUT2D eigenvalue weighted by Gasteiger charge is -2.08. The molecule has 0 aliphatic carbocycles. The van der Waals surface area contributed by atoms with Gasteiger partial charge in [-0.05, 0) is 29.7 Å². The molecule has 0 unspecified atom stereocenters. The van der Waals surface area contributed by atoms with Gasteiger partial charge in [-0.3, -0.25) is 9.59 Å². The van der Waals surface area contributed by atoms with Gasteiger partial charge in [0.05, 0.1) is 13.3 Å². The fourth-order valence-corrected chi connectivity index (χ4v) is 2.91. The molecule has 0 radical (unpaired) electrons. The minimum Gasteiger partial charge on any atom is -0.496 e. The topological polar surface area (TPSA) is 79.8 Å². The molecule has 0 spiro atoms. The normalized spacial score (nSPS) is 10.7. The third-order valence-corrected chi connectivity index (χ3v) is 4.30. The lowest BCUT2D eigenvalue weighted by Crippen LogP contribution is -2.32. The Morgan fingerprint density at radius 1 is 1.04 bits per heavy atom. The molecule has 136 valence electrons. The number of hydrogen-bond acceptors (Lipinski definition) is 4. The molecule has 0 bridgehead atoms. The molecule has 3 aromatic carbocycles. The molecule has 3 rings (SSSR count). The summed E-state index contributed by atoms with van der Waals surface area (Å²) < 4.78 is 6.06. The van der Waals surface area contributed by atoms with Crippen molar-refractivity contribution in [3.63, 3.8) is 0 Å². The van der Waals surface area contributed by atoms with E-state index in [9.17, 15) is 9.59 Å². The van der Waals surface area contributed by atoms with Crippen molar-refractivity contribution in [3.05, 3.63) is 70.7 Å². The van der Waals surface area contributed by atoms with E-state index in [0.29, 0.717) is 17.0 Å². The number of fused-ring (bicyclic) bond motifs is 1. The van der Waals surface area contributed by atoms with Crippen molar-refractivity contribution in [2.75, 3.05) is 12.4 Å². The largest absolute Gasteiger partial charge is 0.496 e. The maximum absolute atomic E-state index is 12.1. The molecule has 2 amide bonds. The molecular weight excluding hydrogens is 410 g/mol. The summed E-state index contributed by atoms with van der Waals surface area (Å²) in [5.74, 6) is -1.07. The lowest BCUT2D eigenvalue weighted by molar-refractivity contribution is -0.136. The third kappa shape index (κ3) is 4.51.